The first-order valence-corrected chi connectivity index (χ1v) is 14.2. The van der Waals surface area contributed by atoms with E-state index in [2.05, 4.69) is 14.6 Å². The van der Waals surface area contributed by atoms with Gasteiger partial charge in [-0.3, -0.25) is 19.4 Å². The van der Waals surface area contributed by atoms with Crippen LogP contribution in [0.4, 0.5) is 5.69 Å². The Kier molecular flexibility index (Phi) is 7.62. The summed E-state index contributed by atoms with van der Waals surface area (Å²) < 4.78 is 29.1. The minimum atomic E-state index is -3.94. The highest BCUT2D eigenvalue weighted by molar-refractivity contribution is 7.93. The van der Waals surface area contributed by atoms with Gasteiger partial charge in [0.05, 0.1) is 11.2 Å². The monoisotopic (exact) mass is 549 g/mol. The zero-order valence-electron chi connectivity index (χ0n) is 20.7. The van der Waals surface area contributed by atoms with Gasteiger partial charge < -0.3 is 10.6 Å². The van der Waals surface area contributed by atoms with Crippen LogP contribution >= 0.6 is 11.6 Å². The van der Waals surface area contributed by atoms with Gasteiger partial charge >= 0.3 is 0 Å². The summed E-state index contributed by atoms with van der Waals surface area (Å²) in [5.41, 5.74) is 8.88. The van der Waals surface area contributed by atoms with E-state index in [1.807, 2.05) is 41.3 Å². The van der Waals surface area contributed by atoms with Crippen molar-refractivity contribution in [2.45, 2.75) is 18.0 Å². The fourth-order valence-corrected chi connectivity index (χ4v) is 6.04. The summed E-state index contributed by atoms with van der Waals surface area (Å²) in [6.45, 7) is 3.60. The molecular formula is C28H28ClN5O3S. The van der Waals surface area contributed by atoms with Gasteiger partial charge in [-0.25, -0.2) is 8.42 Å². The van der Waals surface area contributed by atoms with Crippen molar-refractivity contribution >= 4 is 44.1 Å². The lowest BCUT2D eigenvalue weighted by Crippen LogP contribution is -2.48. The smallest absolute Gasteiger partial charge is 0.264 e. The number of nitrogens with zero attached hydrogens (tertiary/aromatic N) is 3. The Morgan fingerprint density at radius 3 is 2.45 bits per heavy atom. The molecule has 1 fully saturated rings. The normalized spacial score (nSPS) is 14.5. The second kappa shape index (κ2) is 11.1. The fourth-order valence-electron chi connectivity index (χ4n) is 4.63. The third-order valence-electron chi connectivity index (χ3n) is 6.68. The van der Waals surface area contributed by atoms with Crippen LogP contribution in [0.15, 0.2) is 83.9 Å². The maximum atomic E-state index is 13.2. The first kappa shape index (κ1) is 26.1. The number of sulfonamides is 1. The summed E-state index contributed by atoms with van der Waals surface area (Å²) in [6, 6.07) is 21.3. The zero-order chi connectivity index (χ0) is 26.7. The number of halogens is 1. The molecule has 38 heavy (non-hydrogen) atoms. The number of nitrogens with one attached hydrogen (secondary N) is 1. The van der Waals surface area contributed by atoms with Crippen molar-refractivity contribution in [1.82, 2.24) is 14.8 Å². The molecule has 10 heteroatoms. The molecular weight excluding hydrogens is 522 g/mol. The van der Waals surface area contributed by atoms with Gasteiger partial charge in [0.1, 0.15) is 4.90 Å². The van der Waals surface area contributed by atoms with Crippen molar-refractivity contribution in [3.05, 3.63) is 101 Å². The lowest BCUT2D eigenvalue weighted by molar-refractivity contribution is 0.0628. The number of hydrogen-bond donors (Lipinski definition) is 2. The van der Waals surface area contributed by atoms with Crippen molar-refractivity contribution in [3.63, 3.8) is 0 Å². The van der Waals surface area contributed by atoms with Crippen LogP contribution < -0.4 is 10.5 Å². The lowest BCUT2D eigenvalue weighted by atomic mass is 10.1. The molecule has 4 aromatic rings. The Bertz CT molecular complexity index is 1560. The number of para-hydroxylation sites is 1. The topological polar surface area (TPSA) is 109 Å². The number of fused-ring (bicyclic) bond motifs is 1. The summed E-state index contributed by atoms with van der Waals surface area (Å²) >= 11 is 5.98. The molecule has 1 saturated heterocycles. The van der Waals surface area contributed by atoms with Gasteiger partial charge in [-0.1, -0.05) is 41.9 Å². The molecule has 0 spiro atoms. The molecule has 1 aliphatic heterocycles. The van der Waals surface area contributed by atoms with Gasteiger partial charge in [-0.05, 0) is 53.6 Å². The number of aromatic nitrogens is 1. The average Bonchev–Trinajstić information content (AvgIpc) is 2.94. The third kappa shape index (κ3) is 5.66. The summed E-state index contributed by atoms with van der Waals surface area (Å²) in [4.78, 5) is 21.7. The number of carbonyl (C=O) groups excluding carboxylic acids is 1. The second-order valence-corrected chi connectivity index (χ2v) is 11.3. The van der Waals surface area contributed by atoms with E-state index in [1.165, 1.54) is 11.6 Å². The van der Waals surface area contributed by atoms with Gasteiger partial charge in [0.25, 0.3) is 15.9 Å². The second-order valence-electron chi connectivity index (χ2n) is 9.21. The Morgan fingerprint density at radius 2 is 1.71 bits per heavy atom. The average molecular weight is 550 g/mol. The quantitative estimate of drug-likeness (QED) is 0.359. The van der Waals surface area contributed by atoms with Crippen LogP contribution in [0.25, 0.3) is 10.9 Å². The minimum Gasteiger partial charge on any atom is -0.336 e. The molecule has 5 rings (SSSR count). The molecule has 2 heterocycles. The number of hydrogen-bond acceptors (Lipinski definition) is 6. The van der Waals surface area contributed by atoms with Gasteiger partial charge in [-0.2, -0.15) is 0 Å². The maximum Gasteiger partial charge on any atom is 0.264 e. The minimum absolute atomic E-state index is 0.0711. The van der Waals surface area contributed by atoms with Crippen LogP contribution in [0.3, 0.4) is 0 Å². The number of rotatable bonds is 7. The van der Waals surface area contributed by atoms with Crippen molar-refractivity contribution in [3.8, 4) is 0 Å². The van der Waals surface area contributed by atoms with Crippen LogP contribution in [0.2, 0.25) is 5.02 Å². The van der Waals surface area contributed by atoms with Crippen molar-refractivity contribution in [1.29, 1.82) is 0 Å². The van der Waals surface area contributed by atoms with Crippen LogP contribution in [0.5, 0.6) is 0 Å². The first-order valence-electron chi connectivity index (χ1n) is 12.3. The number of anilines is 1. The molecule has 0 aliphatic carbocycles. The van der Waals surface area contributed by atoms with E-state index < -0.39 is 10.0 Å². The van der Waals surface area contributed by atoms with E-state index in [4.69, 9.17) is 17.3 Å². The zero-order valence-corrected chi connectivity index (χ0v) is 22.3. The number of carbonyl (C=O) groups is 1. The van der Waals surface area contributed by atoms with E-state index in [0.29, 0.717) is 40.4 Å². The molecule has 8 nitrogen and oxygen atoms in total. The van der Waals surface area contributed by atoms with Crippen molar-refractivity contribution in [2.75, 3.05) is 30.9 Å². The van der Waals surface area contributed by atoms with Crippen LogP contribution in [0.1, 0.15) is 21.5 Å². The van der Waals surface area contributed by atoms with E-state index in [0.717, 1.165) is 25.0 Å². The first-order chi connectivity index (χ1) is 18.3. The molecule has 0 unspecified atom stereocenters. The summed E-state index contributed by atoms with van der Waals surface area (Å²) in [7, 11) is -3.94. The van der Waals surface area contributed by atoms with Gasteiger partial charge in [0, 0.05) is 61.4 Å². The standard InChI is InChI=1S/C28H28ClN5O3S/c29-24-9-6-20(7-10-24)19-33-13-15-34(16-14-33)28(35)22-8-11-25(23(17-22)18-30)32-38(36,37)26-5-1-3-21-4-2-12-31-27(21)26/h1-12,17,32H,13-16,18-19,30H2. The Balaban J connectivity index is 1.28. The van der Waals surface area contributed by atoms with E-state index >= 15 is 0 Å². The maximum absolute atomic E-state index is 13.2. The summed E-state index contributed by atoms with van der Waals surface area (Å²) in [6.07, 6.45) is 1.56. The molecule has 0 radical (unpaired) electrons. The van der Waals surface area contributed by atoms with Crippen molar-refractivity contribution in [2.24, 2.45) is 5.73 Å². The van der Waals surface area contributed by atoms with Gasteiger partial charge in [-0.15, -0.1) is 0 Å². The van der Waals surface area contributed by atoms with Gasteiger partial charge in [0.2, 0.25) is 0 Å². The molecule has 3 N–H and O–H groups in total. The van der Waals surface area contributed by atoms with Gasteiger partial charge in [0.15, 0.2) is 0 Å². The SMILES string of the molecule is NCc1cc(C(=O)N2CCN(Cc3ccc(Cl)cc3)CC2)ccc1NS(=O)(=O)c1cccc2cccnc12. The molecule has 0 saturated carbocycles. The molecule has 3 aromatic carbocycles. The number of amides is 1. The predicted molar refractivity (Wildman–Crippen MR) is 150 cm³/mol. The Hall–Kier alpha value is -3.50. The number of nitrogens with two attached hydrogens (primary N) is 1. The summed E-state index contributed by atoms with van der Waals surface area (Å²) in [5.74, 6) is -0.0986. The Morgan fingerprint density at radius 1 is 0.974 bits per heavy atom. The molecule has 0 atom stereocenters. The van der Waals surface area contributed by atoms with E-state index in [9.17, 15) is 13.2 Å². The van der Waals surface area contributed by atoms with Crippen LogP contribution in [-0.2, 0) is 23.1 Å². The van der Waals surface area contributed by atoms with Crippen LogP contribution in [0, 0.1) is 0 Å². The molecule has 196 valence electrons. The molecule has 1 aromatic heterocycles. The van der Waals surface area contributed by atoms with Crippen molar-refractivity contribution < 1.29 is 13.2 Å². The summed E-state index contributed by atoms with van der Waals surface area (Å²) in [5, 5.41) is 1.44. The fraction of sp³-hybridized carbons (Fsp3) is 0.214. The molecule has 1 amide bonds. The highest BCUT2D eigenvalue weighted by atomic mass is 35.5. The number of pyridine rings is 1. The third-order valence-corrected chi connectivity index (χ3v) is 8.33. The lowest BCUT2D eigenvalue weighted by Gasteiger charge is -2.35. The number of benzene rings is 3. The highest BCUT2D eigenvalue weighted by Crippen LogP contribution is 2.26. The van der Waals surface area contributed by atoms with E-state index in [1.54, 1.807) is 36.5 Å². The number of piperazine rings is 1. The predicted octanol–water partition coefficient (Wildman–Crippen LogP) is 4.11. The highest BCUT2D eigenvalue weighted by Gasteiger charge is 2.24. The van der Waals surface area contributed by atoms with E-state index in [-0.39, 0.29) is 17.3 Å². The molecule has 0 bridgehead atoms. The molecule has 1 aliphatic rings. The Labute approximate surface area is 227 Å². The van der Waals surface area contributed by atoms with Crippen LogP contribution in [-0.4, -0.2) is 55.3 Å². The largest absolute Gasteiger partial charge is 0.336 e.